The number of halogens is 3. The van der Waals surface area contributed by atoms with Gasteiger partial charge in [0.15, 0.2) is 18.1 Å². The van der Waals surface area contributed by atoms with Crippen molar-refractivity contribution < 1.29 is 41.5 Å². The average Bonchev–Trinajstić information content (AvgIpc) is 3.66. The number of aryl methyl sites for hydroxylation is 1. The summed E-state index contributed by atoms with van der Waals surface area (Å²) in [6.45, 7) is 2.31. The molecule has 0 radical (unpaired) electrons. The summed E-state index contributed by atoms with van der Waals surface area (Å²) in [4.78, 5) is 31.5. The summed E-state index contributed by atoms with van der Waals surface area (Å²) in [7, 11) is 1.48. The lowest BCUT2D eigenvalue weighted by atomic mass is 9.97. The van der Waals surface area contributed by atoms with Gasteiger partial charge < -0.3 is 29.4 Å². The molecule has 3 aliphatic rings. The largest absolute Gasteiger partial charge is 0.493 e. The Hall–Kier alpha value is -5.11. The van der Waals surface area contributed by atoms with E-state index in [2.05, 4.69) is 20.8 Å². The molecule has 1 fully saturated rings. The lowest BCUT2D eigenvalue weighted by molar-refractivity contribution is -0.146. The number of rotatable bonds is 3. The zero-order chi connectivity index (χ0) is 32.4. The van der Waals surface area contributed by atoms with Crippen LogP contribution in [-0.2, 0) is 24.1 Å². The molecule has 0 saturated carbocycles. The van der Waals surface area contributed by atoms with Gasteiger partial charge in [-0.05, 0) is 65.6 Å². The van der Waals surface area contributed by atoms with Gasteiger partial charge in [-0.3, -0.25) is 14.5 Å². The number of carbonyl (C=O) groups excluding carboxylic acids is 2. The molecule has 14 heteroatoms. The van der Waals surface area contributed by atoms with Crippen LogP contribution in [0, 0.1) is 6.92 Å². The molecular formula is C32H30F3N5O6. The van der Waals surface area contributed by atoms with Gasteiger partial charge in [0.05, 0.1) is 19.7 Å². The van der Waals surface area contributed by atoms with Crippen LogP contribution in [0.5, 0.6) is 17.2 Å². The van der Waals surface area contributed by atoms with E-state index in [4.69, 9.17) is 18.7 Å². The van der Waals surface area contributed by atoms with Gasteiger partial charge >= 0.3 is 6.18 Å². The Bertz CT molecular complexity index is 1760. The van der Waals surface area contributed by atoms with Crippen LogP contribution < -0.4 is 24.8 Å². The van der Waals surface area contributed by atoms with E-state index < -0.39 is 24.1 Å². The van der Waals surface area contributed by atoms with Crippen LogP contribution >= 0.6 is 0 Å². The molecule has 4 heterocycles. The van der Waals surface area contributed by atoms with Gasteiger partial charge in [-0.1, -0.05) is 29.4 Å². The molecule has 7 rings (SSSR count). The van der Waals surface area contributed by atoms with Crippen molar-refractivity contribution in [2.45, 2.75) is 38.3 Å². The second-order valence-corrected chi connectivity index (χ2v) is 11.0. The van der Waals surface area contributed by atoms with Gasteiger partial charge in [-0.15, -0.1) is 0 Å². The predicted octanol–water partition coefficient (Wildman–Crippen LogP) is 4.14. The number of amides is 2. The Kier molecular flexibility index (Phi) is 8.54. The zero-order valence-electron chi connectivity index (χ0n) is 24.9. The Morgan fingerprint density at radius 1 is 1.04 bits per heavy atom. The highest BCUT2D eigenvalue weighted by Crippen LogP contribution is 2.32. The van der Waals surface area contributed by atoms with E-state index in [1.165, 1.54) is 7.11 Å². The number of aromatic nitrogens is 2. The predicted molar refractivity (Wildman–Crippen MR) is 157 cm³/mol. The number of likely N-dealkylation sites (tertiary alicyclic amines) is 1. The maximum atomic E-state index is 13.6. The summed E-state index contributed by atoms with van der Waals surface area (Å²) in [6, 6.07) is 17.2. The maximum Gasteiger partial charge on any atom is 0.455 e. The summed E-state index contributed by atoms with van der Waals surface area (Å²) in [5.74, 6) is -0.970. The molecule has 240 valence electrons. The maximum absolute atomic E-state index is 13.6. The molecule has 3 aliphatic heterocycles. The first-order valence-electron chi connectivity index (χ1n) is 14.4. The van der Waals surface area contributed by atoms with Crippen molar-refractivity contribution in [2.75, 3.05) is 26.8 Å². The molecule has 11 nitrogen and oxygen atoms in total. The number of methoxy groups -OCH3 is 1. The molecule has 46 heavy (non-hydrogen) atoms. The summed E-state index contributed by atoms with van der Waals surface area (Å²) in [6.07, 6.45) is -5.36. The van der Waals surface area contributed by atoms with E-state index in [1.807, 2.05) is 25.1 Å². The van der Waals surface area contributed by atoms with E-state index in [0.717, 1.165) is 22.3 Å². The van der Waals surface area contributed by atoms with Gasteiger partial charge in [0, 0.05) is 25.2 Å². The minimum atomic E-state index is -4.74. The third-order valence-corrected chi connectivity index (χ3v) is 7.75. The standard InChI is InChI=1S/C32H30F3N5O6/c1-18-6-8-21-12-23(18)20-4-3-5-22(11-20)44-17-28(41)36-13-19-7-9-25(26(10-19)43-2)45-27-15-40(14-24(27)37-30(21)42)16-29-38-31(39-46-29)32(33,34)35/h3-12,24,27H,13-17H2,1-2H3,(H,36,41)(H,37,42)/t24-,27-/m0/s1. The third-order valence-electron chi connectivity index (χ3n) is 7.75. The minimum absolute atomic E-state index is 0.0851. The average molecular weight is 638 g/mol. The number of fused-ring (bicyclic) bond motifs is 7. The Morgan fingerprint density at radius 3 is 2.67 bits per heavy atom. The van der Waals surface area contributed by atoms with Gasteiger partial charge in [-0.2, -0.15) is 18.2 Å². The second kappa shape index (κ2) is 12.7. The minimum Gasteiger partial charge on any atom is -0.493 e. The molecule has 0 unspecified atom stereocenters. The molecule has 2 atom stereocenters. The van der Waals surface area contributed by atoms with E-state index in [9.17, 15) is 22.8 Å². The summed E-state index contributed by atoms with van der Waals surface area (Å²) >= 11 is 0. The molecule has 0 aliphatic carbocycles. The molecule has 2 amide bonds. The van der Waals surface area contributed by atoms with E-state index >= 15 is 0 Å². The highest BCUT2D eigenvalue weighted by Gasteiger charge is 2.40. The van der Waals surface area contributed by atoms with Crippen LogP contribution in [0.25, 0.3) is 11.1 Å². The van der Waals surface area contributed by atoms with Crippen LogP contribution in [0.3, 0.4) is 0 Å². The molecule has 2 N–H and O–H groups in total. The van der Waals surface area contributed by atoms with Crippen LogP contribution in [-0.4, -0.2) is 65.8 Å². The molecule has 6 bridgehead atoms. The number of nitrogens with zero attached hydrogens (tertiary/aromatic N) is 3. The normalized spacial score (nSPS) is 19.0. The number of nitrogens with one attached hydrogen (secondary N) is 2. The third kappa shape index (κ3) is 6.91. The Balaban J connectivity index is 1.33. The van der Waals surface area contributed by atoms with E-state index in [0.29, 0.717) is 22.8 Å². The van der Waals surface area contributed by atoms with Gasteiger partial charge in [0.1, 0.15) is 11.9 Å². The Morgan fingerprint density at radius 2 is 1.89 bits per heavy atom. The fraction of sp³-hybridized carbons (Fsp3) is 0.312. The van der Waals surface area contributed by atoms with Crippen LogP contribution in [0.4, 0.5) is 13.2 Å². The Labute approximate surface area is 261 Å². The van der Waals surface area contributed by atoms with Crippen molar-refractivity contribution in [3.63, 3.8) is 0 Å². The lowest BCUT2D eigenvalue weighted by Gasteiger charge is -2.23. The van der Waals surface area contributed by atoms with Crippen molar-refractivity contribution in [2.24, 2.45) is 0 Å². The fourth-order valence-corrected chi connectivity index (χ4v) is 5.43. The monoisotopic (exact) mass is 637 g/mol. The van der Waals surface area contributed by atoms with Crippen molar-refractivity contribution in [1.82, 2.24) is 25.7 Å². The highest BCUT2D eigenvalue weighted by molar-refractivity contribution is 5.96. The molecule has 1 aromatic heterocycles. The number of hydrogen-bond donors (Lipinski definition) is 2. The number of carbonyl (C=O) groups is 2. The second-order valence-electron chi connectivity index (χ2n) is 11.0. The van der Waals surface area contributed by atoms with Gasteiger partial charge in [0.2, 0.25) is 5.89 Å². The van der Waals surface area contributed by atoms with E-state index in [-0.39, 0.29) is 50.5 Å². The van der Waals surface area contributed by atoms with Crippen molar-refractivity contribution >= 4 is 11.8 Å². The lowest BCUT2D eigenvalue weighted by Crippen LogP contribution is -2.45. The topological polar surface area (TPSA) is 128 Å². The number of alkyl halides is 3. The van der Waals surface area contributed by atoms with E-state index in [1.54, 1.807) is 47.4 Å². The van der Waals surface area contributed by atoms with Crippen molar-refractivity contribution in [1.29, 1.82) is 0 Å². The van der Waals surface area contributed by atoms with Crippen LogP contribution in [0.2, 0.25) is 0 Å². The fourth-order valence-electron chi connectivity index (χ4n) is 5.43. The SMILES string of the molecule is COc1cc2ccc1O[C@H]1CN(Cc3nc(C(F)(F)F)no3)C[C@@H]1NC(=O)c1ccc(C)c(c1)-c1cccc(c1)OCC(=O)NC2. The first kappa shape index (κ1) is 30.9. The first-order chi connectivity index (χ1) is 22.1. The molecule has 0 spiro atoms. The smallest absolute Gasteiger partial charge is 0.455 e. The quantitative estimate of drug-likeness (QED) is 0.341. The van der Waals surface area contributed by atoms with Crippen molar-refractivity contribution in [3.05, 3.63) is 89.1 Å². The zero-order valence-corrected chi connectivity index (χ0v) is 24.9. The van der Waals surface area contributed by atoms with Crippen LogP contribution in [0.1, 0.15) is 33.2 Å². The van der Waals surface area contributed by atoms with Gasteiger partial charge in [0.25, 0.3) is 17.6 Å². The van der Waals surface area contributed by atoms with Crippen LogP contribution in [0.15, 0.2) is 65.2 Å². The highest BCUT2D eigenvalue weighted by atomic mass is 19.4. The summed E-state index contributed by atoms with van der Waals surface area (Å²) < 4.78 is 61.7. The summed E-state index contributed by atoms with van der Waals surface area (Å²) in [5.41, 5.74) is 3.68. The molecule has 1 saturated heterocycles. The number of ether oxygens (including phenoxy) is 3. The number of hydrogen-bond acceptors (Lipinski definition) is 9. The molecular weight excluding hydrogens is 607 g/mol. The molecule has 3 aromatic carbocycles. The van der Waals surface area contributed by atoms with Gasteiger partial charge in [-0.25, -0.2) is 0 Å². The van der Waals surface area contributed by atoms with Crippen molar-refractivity contribution in [3.8, 4) is 28.4 Å². The molecule has 4 aromatic rings. The summed E-state index contributed by atoms with van der Waals surface area (Å²) in [5, 5.41) is 8.92. The number of benzene rings is 3. The first-order valence-corrected chi connectivity index (χ1v) is 14.4.